The zero-order valence-electron chi connectivity index (χ0n) is 12.1. The number of rotatable bonds is 3. The molecule has 0 bridgehead atoms. The Morgan fingerprint density at radius 1 is 1.05 bits per heavy atom. The number of anilines is 1. The predicted molar refractivity (Wildman–Crippen MR) is 93.0 cm³/mol. The standard InChI is InChI=1S/C17H17IN2O2/c18-13-6-7-17(20-9-15-16(10-20)22-11-21-15)19-14(13)8-12-4-2-1-3-5-12/h1-7,15-16H,8-11H2/t15-,16+. The zero-order valence-corrected chi connectivity index (χ0v) is 14.3. The number of benzene rings is 1. The van der Waals surface area contributed by atoms with Gasteiger partial charge in [-0.1, -0.05) is 30.3 Å². The average molecular weight is 408 g/mol. The van der Waals surface area contributed by atoms with Crippen LogP contribution in [0.1, 0.15) is 11.3 Å². The van der Waals surface area contributed by atoms with E-state index in [1.807, 2.05) is 6.07 Å². The first kappa shape index (κ1) is 14.4. The van der Waals surface area contributed by atoms with Crippen molar-refractivity contribution in [1.82, 2.24) is 4.98 Å². The lowest BCUT2D eigenvalue weighted by molar-refractivity contribution is 0.0352. The van der Waals surface area contributed by atoms with Crippen molar-refractivity contribution in [2.45, 2.75) is 18.6 Å². The minimum atomic E-state index is 0.193. The summed E-state index contributed by atoms with van der Waals surface area (Å²) >= 11 is 2.36. The second-order valence-electron chi connectivity index (χ2n) is 5.69. The van der Waals surface area contributed by atoms with E-state index in [4.69, 9.17) is 14.5 Å². The molecule has 0 amide bonds. The number of nitrogens with zero attached hydrogens (tertiary/aromatic N) is 2. The molecular weight excluding hydrogens is 391 g/mol. The van der Waals surface area contributed by atoms with Gasteiger partial charge in [-0.3, -0.25) is 0 Å². The van der Waals surface area contributed by atoms with Crippen LogP contribution in [0, 0.1) is 3.57 Å². The molecule has 0 aliphatic carbocycles. The molecule has 4 nitrogen and oxygen atoms in total. The van der Waals surface area contributed by atoms with Gasteiger partial charge in [-0.25, -0.2) is 4.98 Å². The largest absolute Gasteiger partial charge is 0.351 e. The molecule has 0 saturated carbocycles. The minimum absolute atomic E-state index is 0.193. The molecule has 0 spiro atoms. The number of aromatic nitrogens is 1. The molecule has 2 aromatic rings. The summed E-state index contributed by atoms with van der Waals surface area (Å²) < 4.78 is 12.4. The Labute approximate surface area is 143 Å². The summed E-state index contributed by atoms with van der Waals surface area (Å²) in [7, 11) is 0. The van der Waals surface area contributed by atoms with E-state index in [0.29, 0.717) is 6.79 Å². The molecule has 2 aliphatic heterocycles. The average Bonchev–Trinajstić information content (AvgIpc) is 3.12. The second-order valence-corrected chi connectivity index (χ2v) is 6.86. The number of pyridine rings is 1. The lowest BCUT2D eigenvalue weighted by Gasteiger charge is -2.19. The molecule has 5 heteroatoms. The number of halogens is 1. The maximum atomic E-state index is 5.59. The maximum Gasteiger partial charge on any atom is 0.147 e. The molecule has 22 heavy (non-hydrogen) atoms. The van der Waals surface area contributed by atoms with Crippen molar-refractivity contribution < 1.29 is 9.47 Å². The summed E-state index contributed by atoms with van der Waals surface area (Å²) in [5, 5.41) is 0. The topological polar surface area (TPSA) is 34.6 Å². The van der Waals surface area contributed by atoms with Crippen LogP contribution >= 0.6 is 22.6 Å². The smallest absolute Gasteiger partial charge is 0.147 e. The summed E-state index contributed by atoms with van der Waals surface area (Å²) in [4.78, 5) is 7.15. The van der Waals surface area contributed by atoms with Crippen molar-refractivity contribution in [3.63, 3.8) is 0 Å². The third-order valence-electron chi connectivity index (χ3n) is 4.22. The van der Waals surface area contributed by atoms with Gasteiger partial charge in [0.25, 0.3) is 0 Å². The van der Waals surface area contributed by atoms with Gasteiger partial charge in [0, 0.05) is 23.1 Å². The van der Waals surface area contributed by atoms with E-state index < -0.39 is 0 Å². The summed E-state index contributed by atoms with van der Waals surface area (Å²) in [6.07, 6.45) is 1.25. The molecule has 0 unspecified atom stereocenters. The summed E-state index contributed by atoms with van der Waals surface area (Å²) in [5.74, 6) is 1.02. The van der Waals surface area contributed by atoms with Crippen LogP contribution in [0.25, 0.3) is 0 Å². The Balaban J connectivity index is 1.56. The fourth-order valence-corrected chi connectivity index (χ4v) is 3.52. The summed E-state index contributed by atoms with van der Waals surface area (Å²) in [5.41, 5.74) is 2.42. The molecule has 1 aromatic heterocycles. The van der Waals surface area contributed by atoms with E-state index in [1.54, 1.807) is 0 Å². The normalized spacial score (nSPS) is 23.8. The Kier molecular flexibility index (Phi) is 4.02. The summed E-state index contributed by atoms with van der Waals surface area (Å²) in [6, 6.07) is 14.7. The van der Waals surface area contributed by atoms with Crippen molar-refractivity contribution in [2.75, 3.05) is 24.8 Å². The molecule has 2 fully saturated rings. The Morgan fingerprint density at radius 2 is 1.77 bits per heavy atom. The van der Waals surface area contributed by atoms with E-state index in [0.717, 1.165) is 31.0 Å². The second kappa shape index (κ2) is 6.14. The van der Waals surface area contributed by atoms with Gasteiger partial charge >= 0.3 is 0 Å². The lowest BCUT2D eigenvalue weighted by Crippen LogP contribution is -2.24. The molecule has 3 heterocycles. The Morgan fingerprint density at radius 3 is 2.50 bits per heavy atom. The molecule has 114 valence electrons. The fraction of sp³-hybridized carbons (Fsp3) is 0.353. The van der Waals surface area contributed by atoms with Gasteiger partial charge in [-0.15, -0.1) is 0 Å². The van der Waals surface area contributed by atoms with E-state index in [2.05, 4.69) is 63.9 Å². The minimum Gasteiger partial charge on any atom is -0.351 e. The van der Waals surface area contributed by atoms with E-state index in [1.165, 1.54) is 9.13 Å². The number of fused-ring (bicyclic) bond motifs is 1. The van der Waals surface area contributed by atoms with Crippen LogP contribution in [0.5, 0.6) is 0 Å². The first-order chi connectivity index (χ1) is 10.8. The molecule has 0 radical (unpaired) electrons. The molecule has 2 saturated heterocycles. The van der Waals surface area contributed by atoms with Gasteiger partial charge in [-0.05, 0) is 40.3 Å². The van der Waals surface area contributed by atoms with E-state index >= 15 is 0 Å². The van der Waals surface area contributed by atoms with Crippen molar-refractivity contribution in [1.29, 1.82) is 0 Å². The van der Waals surface area contributed by atoms with Gasteiger partial charge in [0.2, 0.25) is 0 Å². The molecule has 0 N–H and O–H groups in total. The van der Waals surface area contributed by atoms with Gasteiger partial charge in [0.1, 0.15) is 24.8 Å². The van der Waals surface area contributed by atoms with E-state index in [-0.39, 0.29) is 12.2 Å². The quantitative estimate of drug-likeness (QED) is 0.732. The first-order valence-electron chi connectivity index (χ1n) is 7.47. The third kappa shape index (κ3) is 2.85. The maximum absolute atomic E-state index is 5.59. The third-order valence-corrected chi connectivity index (χ3v) is 5.20. The van der Waals surface area contributed by atoms with Crippen molar-refractivity contribution in [3.8, 4) is 0 Å². The first-order valence-corrected chi connectivity index (χ1v) is 8.55. The van der Waals surface area contributed by atoms with Crippen LogP contribution in [0.15, 0.2) is 42.5 Å². The van der Waals surface area contributed by atoms with Crippen LogP contribution in [-0.4, -0.2) is 37.1 Å². The Bertz CT molecular complexity index is 653. The molecule has 1 aromatic carbocycles. The number of hydrogen-bond acceptors (Lipinski definition) is 4. The van der Waals surface area contributed by atoms with Crippen LogP contribution in [0.2, 0.25) is 0 Å². The molecule has 4 rings (SSSR count). The van der Waals surface area contributed by atoms with Crippen LogP contribution in [0.3, 0.4) is 0 Å². The highest BCUT2D eigenvalue weighted by Crippen LogP contribution is 2.27. The fourth-order valence-electron chi connectivity index (χ4n) is 3.03. The highest BCUT2D eigenvalue weighted by Gasteiger charge is 2.39. The van der Waals surface area contributed by atoms with Crippen molar-refractivity contribution in [2.24, 2.45) is 0 Å². The molecule has 2 atom stereocenters. The van der Waals surface area contributed by atoms with Gasteiger partial charge in [0.05, 0.1) is 5.69 Å². The van der Waals surface area contributed by atoms with Crippen molar-refractivity contribution in [3.05, 3.63) is 57.3 Å². The van der Waals surface area contributed by atoms with Crippen LogP contribution < -0.4 is 4.90 Å². The monoisotopic (exact) mass is 408 g/mol. The zero-order chi connectivity index (χ0) is 14.9. The van der Waals surface area contributed by atoms with Crippen LogP contribution in [-0.2, 0) is 15.9 Å². The summed E-state index contributed by atoms with van der Waals surface area (Å²) in [6.45, 7) is 2.16. The van der Waals surface area contributed by atoms with Gasteiger partial charge in [-0.2, -0.15) is 0 Å². The SMILES string of the molecule is Ic1ccc(N2C[C@@H]3OCO[C@@H]3C2)nc1Cc1ccccc1. The van der Waals surface area contributed by atoms with Crippen molar-refractivity contribution >= 4 is 28.4 Å². The lowest BCUT2D eigenvalue weighted by atomic mass is 10.1. The molecular formula is C17H17IN2O2. The molecule has 2 aliphatic rings. The van der Waals surface area contributed by atoms with Gasteiger partial charge in [0.15, 0.2) is 0 Å². The highest BCUT2D eigenvalue weighted by molar-refractivity contribution is 14.1. The van der Waals surface area contributed by atoms with Gasteiger partial charge < -0.3 is 14.4 Å². The number of ether oxygens (including phenoxy) is 2. The number of hydrogen-bond donors (Lipinski definition) is 0. The predicted octanol–water partition coefficient (Wildman–Crippen LogP) is 2.84. The Hall–Kier alpha value is -1.18. The highest BCUT2D eigenvalue weighted by atomic mass is 127. The van der Waals surface area contributed by atoms with Crippen LogP contribution in [0.4, 0.5) is 5.82 Å². The van der Waals surface area contributed by atoms with E-state index in [9.17, 15) is 0 Å².